The molecule has 3 aliphatic rings. The summed E-state index contributed by atoms with van der Waals surface area (Å²) in [4.78, 5) is 14.1. The molecule has 3 nitrogen and oxygen atoms in total. The van der Waals surface area contributed by atoms with Crippen molar-refractivity contribution in [3.8, 4) is 0 Å². The van der Waals surface area contributed by atoms with Crippen molar-refractivity contribution in [3.05, 3.63) is 0 Å². The van der Waals surface area contributed by atoms with E-state index >= 15 is 0 Å². The maximum atomic E-state index is 12.2. The molecule has 3 fully saturated rings. The summed E-state index contributed by atoms with van der Waals surface area (Å²) in [5.74, 6) is 2.36. The Hall–Kier alpha value is -0.570. The molecule has 1 saturated heterocycles. The molecule has 1 amide bonds. The van der Waals surface area contributed by atoms with E-state index in [9.17, 15) is 9.90 Å². The largest absolute Gasteiger partial charge is 0.394 e. The highest BCUT2D eigenvalue weighted by Gasteiger charge is 2.49. The fourth-order valence-corrected chi connectivity index (χ4v) is 3.47. The van der Waals surface area contributed by atoms with Crippen LogP contribution >= 0.6 is 0 Å². The molecule has 3 unspecified atom stereocenters. The Labute approximate surface area is 90.5 Å². The summed E-state index contributed by atoms with van der Waals surface area (Å²) in [6.07, 6.45) is 5.67. The Bertz CT molecular complexity index is 269. The van der Waals surface area contributed by atoms with Crippen LogP contribution in [0.3, 0.4) is 0 Å². The predicted molar refractivity (Wildman–Crippen MR) is 56.1 cm³/mol. The summed E-state index contributed by atoms with van der Waals surface area (Å²) in [6.45, 7) is 1.02. The van der Waals surface area contributed by atoms with Gasteiger partial charge in [0.2, 0.25) is 5.91 Å². The highest BCUT2D eigenvalue weighted by Crippen LogP contribution is 2.54. The van der Waals surface area contributed by atoms with Crippen LogP contribution in [-0.4, -0.2) is 35.1 Å². The van der Waals surface area contributed by atoms with Gasteiger partial charge in [0.15, 0.2) is 0 Å². The number of carbonyl (C=O) groups is 1. The molecule has 2 aliphatic carbocycles. The normalized spacial score (nSPS) is 43.1. The molecule has 3 heteroatoms. The lowest BCUT2D eigenvalue weighted by molar-refractivity contribution is -0.137. The van der Waals surface area contributed by atoms with Crippen molar-refractivity contribution in [2.75, 3.05) is 13.2 Å². The predicted octanol–water partition coefficient (Wildman–Crippen LogP) is 1.02. The van der Waals surface area contributed by atoms with Crippen LogP contribution in [0.25, 0.3) is 0 Å². The molecule has 0 aromatic carbocycles. The smallest absolute Gasteiger partial charge is 0.226 e. The quantitative estimate of drug-likeness (QED) is 0.737. The lowest BCUT2D eigenvalue weighted by atomic mass is 10.0. The van der Waals surface area contributed by atoms with Gasteiger partial charge < -0.3 is 10.0 Å². The standard InChI is InChI=1S/C12H19NO2/c14-7-11-2-1-3-13(11)12(15)10-5-8-4-9(8)6-10/h8-11,14H,1-7H2. The average molecular weight is 209 g/mol. The third-order valence-electron chi connectivity index (χ3n) is 4.46. The zero-order valence-corrected chi connectivity index (χ0v) is 9.06. The van der Waals surface area contributed by atoms with Crippen molar-refractivity contribution < 1.29 is 9.90 Å². The highest BCUT2D eigenvalue weighted by atomic mass is 16.3. The number of rotatable bonds is 2. The van der Waals surface area contributed by atoms with Crippen LogP contribution in [-0.2, 0) is 4.79 Å². The minimum Gasteiger partial charge on any atom is -0.394 e. The van der Waals surface area contributed by atoms with Crippen LogP contribution in [0.4, 0.5) is 0 Å². The molecule has 1 aliphatic heterocycles. The Kier molecular flexibility index (Phi) is 2.23. The number of hydrogen-bond donors (Lipinski definition) is 1. The van der Waals surface area contributed by atoms with E-state index in [1.54, 1.807) is 0 Å². The van der Waals surface area contributed by atoms with Gasteiger partial charge in [-0.05, 0) is 43.9 Å². The van der Waals surface area contributed by atoms with Crippen molar-refractivity contribution in [2.45, 2.75) is 38.1 Å². The zero-order chi connectivity index (χ0) is 10.4. The van der Waals surface area contributed by atoms with Gasteiger partial charge >= 0.3 is 0 Å². The van der Waals surface area contributed by atoms with E-state index in [1.165, 1.54) is 6.42 Å². The van der Waals surface area contributed by atoms with Crippen LogP contribution in [0.1, 0.15) is 32.1 Å². The summed E-state index contributed by atoms with van der Waals surface area (Å²) in [6, 6.07) is 0.120. The highest BCUT2D eigenvalue weighted by molar-refractivity contribution is 5.80. The minimum absolute atomic E-state index is 0.120. The van der Waals surface area contributed by atoms with Crippen molar-refractivity contribution in [2.24, 2.45) is 17.8 Å². The summed E-state index contributed by atoms with van der Waals surface area (Å²) < 4.78 is 0. The SMILES string of the molecule is O=C(C1CC2CC2C1)N1CCCC1CO. The second-order valence-electron chi connectivity index (χ2n) is 5.43. The number of likely N-dealkylation sites (tertiary alicyclic amines) is 1. The number of amides is 1. The van der Waals surface area contributed by atoms with Crippen LogP contribution < -0.4 is 0 Å². The summed E-state index contributed by atoms with van der Waals surface area (Å²) in [7, 11) is 0. The third kappa shape index (κ3) is 1.57. The molecule has 1 heterocycles. The molecular formula is C12H19NO2. The van der Waals surface area contributed by atoms with E-state index in [0.717, 1.165) is 44.1 Å². The minimum atomic E-state index is 0.120. The van der Waals surface area contributed by atoms with Gasteiger partial charge in [-0.15, -0.1) is 0 Å². The van der Waals surface area contributed by atoms with Gasteiger partial charge in [0.05, 0.1) is 12.6 Å². The number of nitrogens with zero attached hydrogens (tertiary/aromatic N) is 1. The Morgan fingerprint density at radius 2 is 2.00 bits per heavy atom. The van der Waals surface area contributed by atoms with E-state index in [4.69, 9.17) is 0 Å². The van der Waals surface area contributed by atoms with Crippen molar-refractivity contribution in [3.63, 3.8) is 0 Å². The van der Waals surface area contributed by atoms with Gasteiger partial charge in [0.25, 0.3) is 0 Å². The lowest BCUT2D eigenvalue weighted by Crippen LogP contribution is -2.41. The summed E-state index contributed by atoms with van der Waals surface area (Å²) in [5.41, 5.74) is 0. The van der Waals surface area contributed by atoms with Crippen LogP contribution in [0.15, 0.2) is 0 Å². The molecule has 0 spiro atoms. The molecule has 2 saturated carbocycles. The maximum absolute atomic E-state index is 12.2. The Balaban J connectivity index is 1.63. The number of hydrogen-bond acceptors (Lipinski definition) is 2. The van der Waals surface area contributed by atoms with Crippen LogP contribution in [0, 0.1) is 17.8 Å². The molecule has 3 rings (SSSR count). The van der Waals surface area contributed by atoms with Crippen LogP contribution in [0.5, 0.6) is 0 Å². The van der Waals surface area contributed by atoms with Gasteiger partial charge in [-0.2, -0.15) is 0 Å². The van der Waals surface area contributed by atoms with E-state index in [0.29, 0.717) is 11.8 Å². The number of carbonyl (C=O) groups excluding carboxylic acids is 1. The summed E-state index contributed by atoms with van der Waals surface area (Å²) >= 11 is 0. The molecule has 3 atom stereocenters. The lowest BCUT2D eigenvalue weighted by Gasteiger charge is -2.26. The molecule has 0 bridgehead atoms. The van der Waals surface area contributed by atoms with Gasteiger partial charge in [-0.3, -0.25) is 4.79 Å². The van der Waals surface area contributed by atoms with Gasteiger partial charge in [-0.25, -0.2) is 0 Å². The second-order valence-corrected chi connectivity index (χ2v) is 5.43. The topological polar surface area (TPSA) is 40.5 Å². The first kappa shape index (κ1) is 9.64. The molecule has 84 valence electrons. The number of fused-ring (bicyclic) bond motifs is 1. The molecular weight excluding hydrogens is 190 g/mol. The average Bonchev–Trinajstić information content (AvgIpc) is 2.72. The number of aliphatic hydroxyl groups is 1. The first-order chi connectivity index (χ1) is 7.29. The fourth-order valence-electron chi connectivity index (χ4n) is 3.47. The van der Waals surface area contributed by atoms with Crippen molar-refractivity contribution in [1.29, 1.82) is 0 Å². The fraction of sp³-hybridized carbons (Fsp3) is 0.917. The maximum Gasteiger partial charge on any atom is 0.226 e. The summed E-state index contributed by atoms with van der Waals surface area (Å²) in [5, 5.41) is 9.20. The van der Waals surface area contributed by atoms with E-state index in [2.05, 4.69) is 0 Å². The van der Waals surface area contributed by atoms with Gasteiger partial charge in [0.1, 0.15) is 0 Å². The first-order valence-electron chi connectivity index (χ1n) is 6.21. The van der Waals surface area contributed by atoms with Gasteiger partial charge in [0, 0.05) is 12.5 Å². The van der Waals surface area contributed by atoms with E-state index in [-0.39, 0.29) is 12.6 Å². The Morgan fingerprint density at radius 3 is 2.67 bits per heavy atom. The second kappa shape index (κ2) is 3.48. The van der Waals surface area contributed by atoms with Crippen molar-refractivity contribution in [1.82, 2.24) is 4.90 Å². The van der Waals surface area contributed by atoms with E-state index < -0.39 is 0 Å². The monoisotopic (exact) mass is 209 g/mol. The first-order valence-corrected chi connectivity index (χ1v) is 6.21. The molecule has 0 aromatic heterocycles. The molecule has 1 N–H and O–H groups in total. The van der Waals surface area contributed by atoms with Crippen LogP contribution in [0.2, 0.25) is 0 Å². The van der Waals surface area contributed by atoms with Gasteiger partial charge in [-0.1, -0.05) is 0 Å². The third-order valence-corrected chi connectivity index (χ3v) is 4.46. The zero-order valence-electron chi connectivity index (χ0n) is 9.06. The Morgan fingerprint density at radius 1 is 1.27 bits per heavy atom. The molecule has 0 aromatic rings. The van der Waals surface area contributed by atoms with E-state index in [1.807, 2.05) is 4.90 Å². The van der Waals surface area contributed by atoms with Crippen molar-refractivity contribution >= 4 is 5.91 Å². The molecule has 0 radical (unpaired) electrons. The molecule has 15 heavy (non-hydrogen) atoms. The number of aliphatic hydroxyl groups excluding tert-OH is 1.